The third-order valence-corrected chi connectivity index (χ3v) is 2.79. The zero-order valence-corrected chi connectivity index (χ0v) is 8.16. The molecule has 0 saturated carbocycles. The van der Waals surface area contributed by atoms with E-state index in [2.05, 4.69) is 12.1 Å². The normalized spacial score (nSPS) is 13.2. The predicted octanol–water partition coefficient (Wildman–Crippen LogP) is 2.89. The fraction of sp³-hybridized carbons (Fsp3) is 0.0714. The van der Waals surface area contributed by atoms with Crippen LogP contribution in [0.5, 0.6) is 0 Å². The summed E-state index contributed by atoms with van der Waals surface area (Å²) in [5, 5.41) is 0. The molecular weight excluding hydrogens is 184 g/mol. The van der Waals surface area contributed by atoms with Crippen molar-refractivity contribution in [2.24, 2.45) is 0 Å². The number of Topliss-reactive ketones (excluding diaryl/α,β-unsaturated/α-hetero) is 1. The highest BCUT2D eigenvalue weighted by Gasteiger charge is 2.21. The van der Waals surface area contributed by atoms with E-state index in [1.54, 1.807) is 6.07 Å². The van der Waals surface area contributed by atoms with Gasteiger partial charge in [-0.15, -0.1) is 0 Å². The molecule has 0 amide bonds. The van der Waals surface area contributed by atoms with Crippen molar-refractivity contribution in [2.75, 3.05) is 0 Å². The van der Waals surface area contributed by atoms with Gasteiger partial charge in [0.15, 0.2) is 5.78 Å². The zero-order valence-electron chi connectivity index (χ0n) is 8.16. The average molecular weight is 193 g/mol. The van der Waals surface area contributed by atoms with Crippen LogP contribution in [0.3, 0.4) is 0 Å². The summed E-state index contributed by atoms with van der Waals surface area (Å²) in [4.78, 5) is 11.8. The van der Waals surface area contributed by atoms with E-state index in [4.69, 9.17) is 0 Å². The van der Waals surface area contributed by atoms with Gasteiger partial charge < -0.3 is 0 Å². The molecule has 3 rings (SSSR count). The molecule has 0 atom stereocenters. The SMILES string of the molecule is O=C1Cc2ccccc2-c2ccc[c]c21. The van der Waals surface area contributed by atoms with Gasteiger partial charge in [-0.05, 0) is 22.8 Å². The van der Waals surface area contributed by atoms with E-state index in [0.717, 1.165) is 16.7 Å². The van der Waals surface area contributed by atoms with Crippen LogP contribution >= 0.6 is 0 Å². The molecule has 1 radical (unpaired) electrons. The van der Waals surface area contributed by atoms with E-state index in [9.17, 15) is 4.79 Å². The number of benzene rings is 2. The molecule has 0 aliphatic heterocycles. The largest absolute Gasteiger partial charge is 0.294 e. The minimum absolute atomic E-state index is 0.171. The Bertz CT molecular complexity index is 541. The number of rotatable bonds is 0. The van der Waals surface area contributed by atoms with Gasteiger partial charge in [-0.25, -0.2) is 0 Å². The first kappa shape index (κ1) is 8.42. The fourth-order valence-corrected chi connectivity index (χ4v) is 2.09. The van der Waals surface area contributed by atoms with Crippen molar-refractivity contribution >= 4 is 5.78 Å². The lowest BCUT2D eigenvalue weighted by Crippen LogP contribution is -2.12. The van der Waals surface area contributed by atoms with Crippen molar-refractivity contribution in [3.63, 3.8) is 0 Å². The van der Waals surface area contributed by atoms with Gasteiger partial charge in [0.1, 0.15) is 0 Å². The number of hydrogen-bond acceptors (Lipinski definition) is 1. The standard InChI is InChI=1S/C14H9O/c15-14-9-10-5-1-2-6-11(10)12-7-3-4-8-13(12)14/h1-7H,9H2. The Labute approximate surface area is 88.4 Å². The lowest BCUT2D eigenvalue weighted by atomic mass is 9.85. The monoisotopic (exact) mass is 193 g/mol. The molecule has 0 fully saturated rings. The number of carbonyl (C=O) groups excluding carboxylic acids is 1. The highest BCUT2D eigenvalue weighted by atomic mass is 16.1. The number of fused-ring (bicyclic) bond motifs is 3. The van der Waals surface area contributed by atoms with Gasteiger partial charge in [0.25, 0.3) is 0 Å². The molecule has 0 heterocycles. The van der Waals surface area contributed by atoms with E-state index in [1.165, 1.54) is 5.56 Å². The summed E-state index contributed by atoms with van der Waals surface area (Å²) in [6.45, 7) is 0. The fourth-order valence-electron chi connectivity index (χ4n) is 2.09. The van der Waals surface area contributed by atoms with Gasteiger partial charge in [0.05, 0.1) is 0 Å². The molecule has 15 heavy (non-hydrogen) atoms. The van der Waals surface area contributed by atoms with Gasteiger partial charge >= 0.3 is 0 Å². The van der Waals surface area contributed by atoms with Crippen molar-refractivity contribution in [1.82, 2.24) is 0 Å². The van der Waals surface area contributed by atoms with Crippen molar-refractivity contribution in [1.29, 1.82) is 0 Å². The summed E-state index contributed by atoms with van der Waals surface area (Å²) in [5.74, 6) is 0.171. The van der Waals surface area contributed by atoms with Gasteiger partial charge in [-0.2, -0.15) is 0 Å². The maximum Gasteiger partial charge on any atom is 0.168 e. The number of ketones is 1. The van der Waals surface area contributed by atoms with E-state index < -0.39 is 0 Å². The quantitative estimate of drug-likeness (QED) is 0.628. The van der Waals surface area contributed by atoms with E-state index in [0.29, 0.717) is 6.42 Å². The Morgan fingerprint density at radius 3 is 2.73 bits per heavy atom. The Kier molecular flexibility index (Phi) is 1.72. The van der Waals surface area contributed by atoms with E-state index in [1.807, 2.05) is 30.3 Å². The summed E-state index contributed by atoms with van der Waals surface area (Å²) in [6.07, 6.45) is 0.504. The summed E-state index contributed by atoms with van der Waals surface area (Å²) in [5.41, 5.74) is 4.04. The van der Waals surface area contributed by atoms with Crippen LogP contribution in [0.4, 0.5) is 0 Å². The van der Waals surface area contributed by atoms with Crippen molar-refractivity contribution in [2.45, 2.75) is 6.42 Å². The molecule has 1 aliphatic rings. The van der Waals surface area contributed by atoms with Crippen LogP contribution < -0.4 is 0 Å². The highest BCUT2D eigenvalue weighted by molar-refractivity contribution is 6.07. The molecule has 0 unspecified atom stereocenters. The molecular formula is C14H9O. The molecule has 1 nitrogen and oxygen atoms in total. The second-order valence-electron chi connectivity index (χ2n) is 3.72. The predicted molar refractivity (Wildman–Crippen MR) is 58.7 cm³/mol. The third kappa shape index (κ3) is 1.20. The van der Waals surface area contributed by atoms with Crippen LogP contribution in [0.15, 0.2) is 42.5 Å². The molecule has 1 heteroatoms. The molecule has 1 aliphatic carbocycles. The minimum atomic E-state index is 0.171. The van der Waals surface area contributed by atoms with Crippen LogP contribution in [0.1, 0.15) is 15.9 Å². The molecule has 0 aromatic heterocycles. The van der Waals surface area contributed by atoms with Gasteiger partial charge in [0, 0.05) is 12.0 Å². The molecule has 0 spiro atoms. The molecule has 0 N–H and O–H groups in total. The highest BCUT2D eigenvalue weighted by Crippen LogP contribution is 2.32. The Morgan fingerprint density at radius 2 is 1.80 bits per heavy atom. The first-order valence-electron chi connectivity index (χ1n) is 4.98. The molecule has 2 aromatic rings. The van der Waals surface area contributed by atoms with E-state index in [-0.39, 0.29) is 5.78 Å². The van der Waals surface area contributed by atoms with Crippen LogP contribution in [0.25, 0.3) is 11.1 Å². The first-order chi connectivity index (χ1) is 7.36. The number of hydrogen-bond donors (Lipinski definition) is 0. The van der Waals surface area contributed by atoms with Crippen molar-refractivity contribution < 1.29 is 4.79 Å². The summed E-state index contributed by atoms with van der Waals surface area (Å²) in [7, 11) is 0. The summed E-state index contributed by atoms with van der Waals surface area (Å²) in [6, 6.07) is 16.8. The third-order valence-electron chi connectivity index (χ3n) is 2.79. The second-order valence-corrected chi connectivity index (χ2v) is 3.72. The zero-order chi connectivity index (χ0) is 10.3. The lowest BCUT2D eigenvalue weighted by Gasteiger charge is -2.17. The second kappa shape index (κ2) is 3.06. The maximum absolute atomic E-state index is 11.8. The first-order valence-corrected chi connectivity index (χ1v) is 4.98. The Balaban J connectivity index is 2.34. The topological polar surface area (TPSA) is 17.1 Å². The molecule has 71 valence electrons. The lowest BCUT2D eigenvalue weighted by molar-refractivity contribution is 0.0991. The van der Waals surface area contributed by atoms with Crippen molar-refractivity contribution in [3.05, 3.63) is 59.7 Å². The van der Waals surface area contributed by atoms with Gasteiger partial charge in [-0.1, -0.05) is 42.5 Å². The Morgan fingerprint density at radius 1 is 1.00 bits per heavy atom. The minimum Gasteiger partial charge on any atom is -0.294 e. The molecule has 0 bridgehead atoms. The summed E-state index contributed by atoms with van der Waals surface area (Å²) < 4.78 is 0. The molecule has 0 saturated heterocycles. The van der Waals surface area contributed by atoms with Gasteiger partial charge in [-0.3, -0.25) is 4.79 Å². The van der Waals surface area contributed by atoms with Crippen molar-refractivity contribution in [3.8, 4) is 11.1 Å². The van der Waals surface area contributed by atoms with Crippen LogP contribution in [0.2, 0.25) is 0 Å². The molecule has 2 aromatic carbocycles. The van der Waals surface area contributed by atoms with Gasteiger partial charge in [0.2, 0.25) is 0 Å². The smallest absolute Gasteiger partial charge is 0.168 e. The van der Waals surface area contributed by atoms with Crippen LogP contribution in [-0.2, 0) is 6.42 Å². The number of carbonyl (C=O) groups is 1. The summed E-state index contributed by atoms with van der Waals surface area (Å²) >= 11 is 0. The van der Waals surface area contributed by atoms with E-state index >= 15 is 0 Å². The Hall–Kier alpha value is -1.89. The van der Waals surface area contributed by atoms with Crippen LogP contribution in [-0.4, -0.2) is 5.78 Å². The average Bonchev–Trinajstić information content (AvgIpc) is 2.30. The maximum atomic E-state index is 11.8. The van der Waals surface area contributed by atoms with Crippen LogP contribution in [0, 0.1) is 6.07 Å².